The van der Waals surface area contributed by atoms with Crippen molar-refractivity contribution in [1.29, 1.82) is 0 Å². The molecule has 3 rings (SSSR count). The van der Waals surface area contributed by atoms with Crippen LogP contribution in [-0.2, 0) is 6.54 Å². The quantitative estimate of drug-likeness (QED) is 0.465. The Bertz CT molecular complexity index is 767. The van der Waals surface area contributed by atoms with Crippen molar-refractivity contribution in [2.45, 2.75) is 25.3 Å². The van der Waals surface area contributed by atoms with E-state index in [2.05, 4.69) is 38.2 Å². The van der Waals surface area contributed by atoms with Gasteiger partial charge in [-0.2, -0.15) is 5.10 Å². The fourth-order valence-electron chi connectivity index (χ4n) is 3.40. The summed E-state index contributed by atoms with van der Waals surface area (Å²) in [6.07, 6.45) is 5.78. The molecule has 142 valence electrons. The third-order valence-electron chi connectivity index (χ3n) is 4.92. The molecule has 1 aliphatic rings. The van der Waals surface area contributed by atoms with Gasteiger partial charge in [-0.25, -0.2) is 0 Å². The molecule has 6 heteroatoms. The van der Waals surface area contributed by atoms with Gasteiger partial charge in [0.05, 0.1) is 25.1 Å². The summed E-state index contributed by atoms with van der Waals surface area (Å²) in [6, 6.07) is 14.2. The molecule has 1 aromatic carbocycles. The highest BCUT2D eigenvalue weighted by Crippen LogP contribution is 2.29. The maximum absolute atomic E-state index is 5.56. The maximum Gasteiger partial charge on any atom is 0.119 e. The standard InChI is InChI=1S/C21H27N5O/c1-27-21-7-4-5-18(13-21)17-8-11-26(12-9-17)16-20(25-22)15-23-14-19-6-2-3-10-24-19/h2-7,10,13,15,17H,8-9,11-12,14,16,22H2,1H3. The number of benzene rings is 1. The predicted octanol–water partition coefficient (Wildman–Crippen LogP) is 2.86. The van der Waals surface area contributed by atoms with E-state index in [0.29, 0.717) is 12.5 Å². The second kappa shape index (κ2) is 9.83. The molecule has 0 radical (unpaired) electrons. The molecule has 0 bridgehead atoms. The van der Waals surface area contributed by atoms with Crippen molar-refractivity contribution < 1.29 is 4.74 Å². The summed E-state index contributed by atoms with van der Waals surface area (Å²) in [5, 5.41) is 3.90. The average molecular weight is 365 g/mol. The number of aromatic nitrogens is 1. The Labute approximate surface area is 160 Å². The first kappa shape index (κ1) is 19.0. The Hall–Kier alpha value is -2.73. The number of ether oxygens (including phenoxy) is 1. The van der Waals surface area contributed by atoms with E-state index in [1.807, 2.05) is 24.3 Å². The van der Waals surface area contributed by atoms with Crippen molar-refractivity contribution in [3.63, 3.8) is 0 Å². The van der Waals surface area contributed by atoms with E-state index >= 15 is 0 Å². The van der Waals surface area contributed by atoms with Gasteiger partial charge < -0.3 is 10.6 Å². The zero-order valence-corrected chi connectivity index (χ0v) is 15.8. The second-order valence-corrected chi connectivity index (χ2v) is 6.74. The summed E-state index contributed by atoms with van der Waals surface area (Å²) in [6.45, 7) is 3.31. The van der Waals surface area contributed by atoms with Gasteiger partial charge in [0.15, 0.2) is 0 Å². The van der Waals surface area contributed by atoms with E-state index in [-0.39, 0.29) is 0 Å². The Balaban J connectivity index is 1.48. The van der Waals surface area contributed by atoms with Gasteiger partial charge in [-0.1, -0.05) is 18.2 Å². The van der Waals surface area contributed by atoms with Crippen LogP contribution in [0.15, 0.2) is 58.8 Å². The molecule has 0 atom stereocenters. The number of hydrogen-bond acceptors (Lipinski definition) is 6. The minimum atomic E-state index is 0.539. The van der Waals surface area contributed by atoms with Gasteiger partial charge in [0.25, 0.3) is 0 Å². The molecule has 1 aliphatic heterocycles. The lowest BCUT2D eigenvalue weighted by molar-refractivity contribution is 0.239. The van der Waals surface area contributed by atoms with E-state index in [9.17, 15) is 0 Å². The predicted molar refractivity (Wildman–Crippen MR) is 109 cm³/mol. The molecular formula is C21H27N5O. The number of pyridine rings is 1. The minimum absolute atomic E-state index is 0.539. The average Bonchev–Trinajstić information content (AvgIpc) is 2.74. The highest BCUT2D eigenvalue weighted by Gasteiger charge is 2.21. The van der Waals surface area contributed by atoms with Crippen LogP contribution < -0.4 is 10.6 Å². The molecule has 1 fully saturated rings. The third kappa shape index (κ3) is 5.62. The van der Waals surface area contributed by atoms with Gasteiger partial charge in [0, 0.05) is 19.0 Å². The number of aliphatic imine (C=N–C) groups is 1. The first-order chi connectivity index (χ1) is 13.3. The number of rotatable bonds is 7. The van der Waals surface area contributed by atoms with E-state index in [0.717, 1.165) is 49.6 Å². The highest BCUT2D eigenvalue weighted by molar-refractivity contribution is 6.31. The minimum Gasteiger partial charge on any atom is -0.497 e. The summed E-state index contributed by atoms with van der Waals surface area (Å²) in [7, 11) is 1.71. The molecule has 0 aliphatic carbocycles. The van der Waals surface area contributed by atoms with Gasteiger partial charge in [0.1, 0.15) is 5.75 Å². The zero-order valence-electron chi connectivity index (χ0n) is 15.8. The van der Waals surface area contributed by atoms with Crippen LogP contribution in [0.3, 0.4) is 0 Å². The van der Waals surface area contributed by atoms with Crippen LogP contribution in [0.1, 0.15) is 30.0 Å². The van der Waals surface area contributed by atoms with Crippen LogP contribution in [0.4, 0.5) is 0 Å². The number of hydrazone groups is 1. The van der Waals surface area contributed by atoms with E-state index in [1.165, 1.54) is 5.56 Å². The topological polar surface area (TPSA) is 76.1 Å². The van der Waals surface area contributed by atoms with E-state index in [1.54, 1.807) is 19.5 Å². The number of likely N-dealkylation sites (tertiary alicyclic amines) is 1. The lowest BCUT2D eigenvalue weighted by Gasteiger charge is -2.32. The number of methoxy groups -OCH3 is 1. The molecule has 0 saturated carbocycles. The van der Waals surface area contributed by atoms with Crippen LogP contribution in [0.5, 0.6) is 5.75 Å². The van der Waals surface area contributed by atoms with Gasteiger partial charge in [0.2, 0.25) is 0 Å². The van der Waals surface area contributed by atoms with Crippen LogP contribution in [0, 0.1) is 0 Å². The molecule has 0 amide bonds. The third-order valence-corrected chi connectivity index (χ3v) is 4.92. The van der Waals surface area contributed by atoms with Crippen molar-refractivity contribution in [3.8, 4) is 5.75 Å². The monoisotopic (exact) mass is 365 g/mol. The molecule has 2 aromatic rings. The van der Waals surface area contributed by atoms with Gasteiger partial charge in [-0.15, -0.1) is 0 Å². The molecule has 0 unspecified atom stereocenters. The maximum atomic E-state index is 5.56. The van der Waals surface area contributed by atoms with Crippen molar-refractivity contribution in [2.24, 2.45) is 15.9 Å². The molecular weight excluding hydrogens is 338 g/mol. The second-order valence-electron chi connectivity index (χ2n) is 6.74. The Morgan fingerprint density at radius 1 is 1.26 bits per heavy atom. The van der Waals surface area contributed by atoms with E-state index in [4.69, 9.17) is 10.6 Å². The first-order valence-electron chi connectivity index (χ1n) is 9.31. The lowest BCUT2D eigenvalue weighted by Crippen LogP contribution is -2.37. The van der Waals surface area contributed by atoms with Crippen LogP contribution in [-0.4, -0.2) is 48.6 Å². The molecule has 0 spiro atoms. The van der Waals surface area contributed by atoms with Crippen molar-refractivity contribution in [1.82, 2.24) is 9.88 Å². The van der Waals surface area contributed by atoms with Crippen molar-refractivity contribution in [2.75, 3.05) is 26.7 Å². The van der Waals surface area contributed by atoms with Gasteiger partial charge >= 0.3 is 0 Å². The molecule has 1 saturated heterocycles. The Morgan fingerprint density at radius 3 is 2.81 bits per heavy atom. The molecule has 6 nitrogen and oxygen atoms in total. The normalized spacial score (nSPS) is 16.7. The smallest absolute Gasteiger partial charge is 0.119 e. The molecule has 2 N–H and O–H groups in total. The Kier molecular flexibility index (Phi) is 6.93. The number of piperidine rings is 1. The van der Waals surface area contributed by atoms with Gasteiger partial charge in [-0.3, -0.25) is 14.9 Å². The zero-order chi connectivity index (χ0) is 18.9. The number of nitrogens with two attached hydrogens (primary N) is 1. The lowest BCUT2D eigenvalue weighted by atomic mass is 9.89. The summed E-state index contributed by atoms with van der Waals surface area (Å²) in [5.41, 5.74) is 3.09. The first-order valence-corrected chi connectivity index (χ1v) is 9.31. The SMILES string of the molecule is COc1cccc(C2CCN(CC(C=NCc3ccccn3)=NN)CC2)c1. The fraction of sp³-hybridized carbons (Fsp3) is 0.381. The summed E-state index contributed by atoms with van der Waals surface area (Å²) >= 11 is 0. The van der Waals surface area contributed by atoms with Crippen LogP contribution >= 0.6 is 0 Å². The molecule has 27 heavy (non-hydrogen) atoms. The molecule has 1 aromatic heterocycles. The van der Waals surface area contributed by atoms with Crippen molar-refractivity contribution in [3.05, 3.63) is 59.9 Å². The highest BCUT2D eigenvalue weighted by atomic mass is 16.5. The van der Waals surface area contributed by atoms with Crippen molar-refractivity contribution >= 4 is 11.9 Å². The fourth-order valence-corrected chi connectivity index (χ4v) is 3.40. The summed E-state index contributed by atoms with van der Waals surface area (Å²) in [5.74, 6) is 7.06. The van der Waals surface area contributed by atoms with Gasteiger partial charge in [-0.05, 0) is 61.7 Å². The molecule has 2 heterocycles. The largest absolute Gasteiger partial charge is 0.497 e. The summed E-state index contributed by atoms with van der Waals surface area (Å²) in [4.78, 5) is 11.1. The number of nitrogens with zero attached hydrogens (tertiary/aromatic N) is 4. The van der Waals surface area contributed by atoms with Crippen LogP contribution in [0.2, 0.25) is 0 Å². The Morgan fingerprint density at radius 2 is 2.11 bits per heavy atom. The number of hydrogen-bond donors (Lipinski definition) is 1. The van der Waals surface area contributed by atoms with E-state index < -0.39 is 0 Å². The van der Waals surface area contributed by atoms with Crippen LogP contribution in [0.25, 0.3) is 0 Å². The summed E-state index contributed by atoms with van der Waals surface area (Å²) < 4.78 is 5.34.